The summed E-state index contributed by atoms with van der Waals surface area (Å²) in [5.74, 6) is 0.797. The third kappa shape index (κ3) is 5.34. The molecule has 5 heteroatoms. The van der Waals surface area contributed by atoms with Crippen LogP contribution in [0.5, 0.6) is 5.75 Å². The Morgan fingerprint density at radius 3 is 2.08 bits per heavy atom. The summed E-state index contributed by atoms with van der Waals surface area (Å²) in [7, 11) is 0. The minimum atomic E-state index is -0.250. The first kappa shape index (κ1) is 19.5. The van der Waals surface area contributed by atoms with Crippen LogP contribution in [0.3, 0.4) is 0 Å². The summed E-state index contributed by atoms with van der Waals surface area (Å²) in [5.41, 5.74) is 3.38. The summed E-state index contributed by atoms with van der Waals surface area (Å²) in [6.07, 6.45) is 0.402. The Hall–Kier alpha value is -2.82. The smallest absolute Gasteiger partial charge is 0.262 e. The number of nitrogens with one attached hydrogen (secondary N) is 2. The van der Waals surface area contributed by atoms with Crippen LogP contribution in [0.2, 0.25) is 0 Å². The standard InChI is InChI=1S/C21H26N2O3/c1-5-20(24)22-18-7-6-8-19(15(18)4)23-21(25)13-26-17-11-9-16(10-12-17)14(2)3/h6-12,14H,5,13H2,1-4H3,(H,22,24)(H,23,25). The van der Waals surface area contributed by atoms with Crippen LogP contribution in [0.1, 0.15) is 44.2 Å². The van der Waals surface area contributed by atoms with E-state index in [-0.39, 0.29) is 18.4 Å². The van der Waals surface area contributed by atoms with E-state index in [9.17, 15) is 9.59 Å². The largest absolute Gasteiger partial charge is 0.484 e. The summed E-state index contributed by atoms with van der Waals surface area (Å²) in [6.45, 7) is 7.82. The molecule has 0 bridgehead atoms. The van der Waals surface area contributed by atoms with E-state index in [2.05, 4.69) is 24.5 Å². The van der Waals surface area contributed by atoms with Gasteiger partial charge in [0.1, 0.15) is 5.75 Å². The fourth-order valence-corrected chi connectivity index (χ4v) is 2.43. The zero-order chi connectivity index (χ0) is 19.1. The number of hydrogen-bond donors (Lipinski definition) is 2. The van der Waals surface area contributed by atoms with Gasteiger partial charge in [-0.25, -0.2) is 0 Å². The number of hydrogen-bond acceptors (Lipinski definition) is 3. The maximum absolute atomic E-state index is 12.2. The van der Waals surface area contributed by atoms with Gasteiger partial charge in [-0.05, 0) is 48.2 Å². The molecule has 0 fully saturated rings. The number of anilines is 2. The lowest BCUT2D eigenvalue weighted by atomic mass is 10.0. The van der Waals surface area contributed by atoms with Crippen molar-refractivity contribution in [2.45, 2.75) is 40.0 Å². The first-order valence-corrected chi connectivity index (χ1v) is 8.82. The van der Waals surface area contributed by atoms with E-state index in [4.69, 9.17) is 4.74 Å². The Kier molecular flexibility index (Phi) is 6.78. The molecule has 2 rings (SSSR count). The molecule has 0 saturated heterocycles. The van der Waals surface area contributed by atoms with Gasteiger partial charge >= 0.3 is 0 Å². The average molecular weight is 354 g/mol. The number of benzene rings is 2. The number of amides is 2. The summed E-state index contributed by atoms with van der Waals surface area (Å²) in [6, 6.07) is 13.1. The Bertz CT molecular complexity index is 767. The lowest BCUT2D eigenvalue weighted by molar-refractivity contribution is -0.118. The minimum absolute atomic E-state index is 0.0650. The van der Waals surface area contributed by atoms with Gasteiger partial charge in [0, 0.05) is 17.8 Å². The molecular formula is C21H26N2O3. The van der Waals surface area contributed by atoms with Gasteiger partial charge in [0.15, 0.2) is 6.61 Å². The zero-order valence-corrected chi connectivity index (χ0v) is 15.8. The van der Waals surface area contributed by atoms with Gasteiger partial charge in [0.05, 0.1) is 0 Å². The van der Waals surface area contributed by atoms with E-state index < -0.39 is 0 Å². The molecule has 2 aromatic rings. The van der Waals surface area contributed by atoms with Crippen molar-refractivity contribution in [3.63, 3.8) is 0 Å². The van der Waals surface area contributed by atoms with Crippen LogP contribution in [0.4, 0.5) is 11.4 Å². The summed E-state index contributed by atoms with van der Waals surface area (Å²) < 4.78 is 5.55. The summed E-state index contributed by atoms with van der Waals surface area (Å²) in [5, 5.41) is 5.65. The van der Waals surface area contributed by atoms with Gasteiger partial charge in [-0.1, -0.05) is 39.0 Å². The second-order valence-corrected chi connectivity index (χ2v) is 6.44. The topological polar surface area (TPSA) is 67.4 Å². The highest BCUT2D eigenvalue weighted by molar-refractivity contribution is 5.96. The first-order valence-electron chi connectivity index (χ1n) is 8.82. The summed E-state index contributed by atoms with van der Waals surface area (Å²) in [4.78, 5) is 23.8. The van der Waals surface area contributed by atoms with Crippen molar-refractivity contribution in [2.24, 2.45) is 0 Å². The number of carbonyl (C=O) groups is 2. The van der Waals surface area contributed by atoms with Gasteiger partial charge in [-0.15, -0.1) is 0 Å². The molecule has 0 heterocycles. The van der Waals surface area contributed by atoms with Crippen molar-refractivity contribution < 1.29 is 14.3 Å². The molecule has 0 aromatic heterocycles. The van der Waals surface area contributed by atoms with Crippen LogP contribution < -0.4 is 15.4 Å². The quantitative estimate of drug-likeness (QED) is 0.770. The van der Waals surface area contributed by atoms with Crippen LogP contribution in [0.25, 0.3) is 0 Å². The van der Waals surface area contributed by atoms with E-state index >= 15 is 0 Å². The lowest BCUT2D eigenvalue weighted by Crippen LogP contribution is -2.21. The molecule has 138 valence electrons. The monoisotopic (exact) mass is 354 g/mol. The number of ether oxygens (including phenoxy) is 1. The third-order valence-corrected chi connectivity index (χ3v) is 4.12. The van der Waals surface area contributed by atoms with E-state index in [0.717, 1.165) is 5.56 Å². The van der Waals surface area contributed by atoms with Crippen molar-refractivity contribution in [2.75, 3.05) is 17.2 Å². The molecule has 0 saturated carbocycles. The van der Waals surface area contributed by atoms with E-state index in [1.807, 2.05) is 37.3 Å². The first-order chi connectivity index (χ1) is 12.4. The SMILES string of the molecule is CCC(=O)Nc1cccc(NC(=O)COc2ccc(C(C)C)cc2)c1C. The van der Waals surface area contributed by atoms with E-state index in [1.54, 1.807) is 19.1 Å². The van der Waals surface area contributed by atoms with E-state index in [1.165, 1.54) is 5.56 Å². The number of carbonyl (C=O) groups excluding carboxylic acids is 2. The molecular weight excluding hydrogens is 328 g/mol. The molecule has 2 N–H and O–H groups in total. The highest BCUT2D eigenvalue weighted by Gasteiger charge is 2.10. The van der Waals surface area contributed by atoms with Gasteiger partial charge < -0.3 is 15.4 Å². The molecule has 26 heavy (non-hydrogen) atoms. The van der Waals surface area contributed by atoms with Crippen LogP contribution in [-0.2, 0) is 9.59 Å². The third-order valence-electron chi connectivity index (χ3n) is 4.12. The molecule has 0 radical (unpaired) electrons. The Morgan fingerprint density at radius 2 is 1.54 bits per heavy atom. The van der Waals surface area contributed by atoms with Gasteiger partial charge in [-0.2, -0.15) is 0 Å². The molecule has 0 aliphatic carbocycles. The summed E-state index contributed by atoms with van der Waals surface area (Å²) >= 11 is 0. The van der Waals surface area contributed by atoms with Crippen molar-refractivity contribution in [1.82, 2.24) is 0 Å². The van der Waals surface area contributed by atoms with Crippen LogP contribution in [0, 0.1) is 6.92 Å². The van der Waals surface area contributed by atoms with Crippen molar-refractivity contribution in [3.05, 3.63) is 53.6 Å². The maximum Gasteiger partial charge on any atom is 0.262 e. The van der Waals surface area contributed by atoms with E-state index in [0.29, 0.717) is 29.5 Å². The van der Waals surface area contributed by atoms with Crippen molar-refractivity contribution in [3.8, 4) is 5.75 Å². The normalized spacial score (nSPS) is 10.5. The molecule has 2 aromatic carbocycles. The average Bonchev–Trinajstić information content (AvgIpc) is 2.63. The van der Waals surface area contributed by atoms with Gasteiger partial charge in [0.2, 0.25) is 5.91 Å². The van der Waals surface area contributed by atoms with Gasteiger partial charge in [-0.3, -0.25) is 9.59 Å². The minimum Gasteiger partial charge on any atom is -0.484 e. The Balaban J connectivity index is 1.95. The Morgan fingerprint density at radius 1 is 0.962 bits per heavy atom. The molecule has 0 aliphatic rings. The molecule has 0 atom stereocenters. The predicted octanol–water partition coefficient (Wildman–Crippen LogP) is 4.48. The fourth-order valence-electron chi connectivity index (χ4n) is 2.43. The predicted molar refractivity (Wildman–Crippen MR) is 105 cm³/mol. The molecule has 0 unspecified atom stereocenters. The maximum atomic E-state index is 12.2. The highest BCUT2D eigenvalue weighted by Crippen LogP contribution is 2.23. The molecule has 0 spiro atoms. The fraction of sp³-hybridized carbons (Fsp3) is 0.333. The van der Waals surface area contributed by atoms with Crippen LogP contribution in [0.15, 0.2) is 42.5 Å². The van der Waals surface area contributed by atoms with Crippen LogP contribution >= 0.6 is 0 Å². The second-order valence-electron chi connectivity index (χ2n) is 6.44. The lowest BCUT2D eigenvalue weighted by Gasteiger charge is -2.14. The second kappa shape index (κ2) is 9.04. The van der Waals surface area contributed by atoms with Crippen LogP contribution in [-0.4, -0.2) is 18.4 Å². The van der Waals surface area contributed by atoms with Crippen molar-refractivity contribution in [1.29, 1.82) is 0 Å². The molecule has 0 aliphatic heterocycles. The highest BCUT2D eigenvalue weighted by atomic mass is 16.5. The number of rotatable bonds is 7. The zero-order valence-electron chi connectivity index (χ0n) is 15.8. The molecule has 5 nitrogen and oxygen atoms in total. The van der Waals surface area contributed by atoms with Gasteiger partial charge in [0.25, 0.3) is 5.91 Å². The Labute approximate surface area is 154 Å². The molecule has 2 amide bonds. The van der Waals surface area contributed by atoms with Crippen molar-refractivity contribution >= 4 is 23.2 Å².